The van der Waals surface area contributed by atoms with Crippen molar-refractivity contribution in [2.75, 3.05) is 5.75 Å². The SMILES string of the molecule is O=C(CSCc1ccc(F)c(F)c1)NC1CCCCCCC1. The molecule has 1 aromatic carbocycles. The molecule has 0 atom stereocenters. The lowest BCUT2D eigenvalue weighted by Crippen LogP contribution is -2.36. The normalized spacial score (nSPS) is 16.8. The molecular weight excluding hydrogens is 304 g/mol. The van der Waals surface area contributed by atoms with Gasteiger partial charge in [0.2, 0.25) is 5.91 Å². The highest BCUT2D eigenvalue weighted by atomic mass is 32.2. The van der Waals surface area contributed by atoms with Crippen molar-refractivity contribution in [3.63, 3.8) is 0 Å². The number of rotatable bonds is 5. The van der Waals surface area contributed by atoms with Crippen LogP contribution in [0.5, 0.6) is 0 Å². The second-order valence-corrected chi connectivity index (χ2v) is 6.84. The predicted octanol–water partition coefficient (Wildman–Crippen LogP) is 4.43. The van der Waals surface area contributed by atoms with Crippen molar-refractivity contribution in [1.82, 2.24) is 5.32 Å². The predicted molar refractivity (Wildman–Crippen MR) is 86.8 cm³/mol. The maximum absolute atomic E-state index is 13.1. The van der Waals surface area contributed by atoms with Crippen molar-refractivity contribution < 1.29 is 13.6 Å². The Labute approximate surface area is 135 Å². The summed E-state index contributed by atoms with van der Waals surface area (Å²) in [4.78, 5) is 12.0. The summed E-state index contributed by atoms with van der Waals surface area (Å²) < 4.78 is 25.9. The number of thioether (sulfide) groups is 1. The van der Waals surface area contributed by atoms with Gasteiger partial charge in [-0.15, -0.1) is 11.8 Å². The Hall–Kier alpha value is -1.10. The third-order valence-corrected chi connectivity index (χ3v) is 4.96. The smallest absolute Gasteiger partial charge is 0.230 e. The monoisotopic (exact) mass is 327 g/mol. The molecule has 0 saturated heterocycles. The van der Waals surface area contributed by atoms with Crippen LogP contribution < -0.4 is 5.32 Å². The van der Waals surface area contributed by atoms with Gasteiger partial charge in [-0.1, -0.05) is 38.2 Å². The van der Waals surface area contributed by atoms with Gasteiger partial charge in [0.1, 0.15) is 0 Å². The molecule has 1 saturated carbocycles. The molecule has 0 spiro atoms. The van der Waals surface area contributed by atoms with E-state index in [1.54, 1.807) is 6.07 Å². The van der Waals surface area contributed by atoms with Crippen molar-refractivity contribution in [3.05, 3.63) is 35.4 Å². The number of carbonyl (C=O) groups excluding carboxylic acids is 1. The lowest BCUT2D eigenvalue weighted by Gasteiger charge is -2.20. The minimum absolute atomic E-state index is 0.0400. The van der Waals surface area contributed by atoms with Gasteiger partial charge in [-0.05, 0) is 30.5 Å². The second kappa shape index (κ2) is 9.13. The van der Waals surface area contributed by atoms with Crippen molar-refractivity contribution >= 4 is 17.7 Å². The van der Waals surface area contributed by atoms with Gasteiger partial charge in [0.05, 0.1) is 5.75 Å². The van der Waals surface area contributed by atoms with E-state index in [1.165, 1.54) is 49.9 Å². The number of amides is 1. The highest BCUT2D eigenvalue weighted by molar-refractivity contribution is 7.99. The number of hydrogen-bond acceptors (Lipinski definition) is 2. The van der Waals surface area contributed by atoms with Crippen LogP contribution in [0.2, 0.25) is 0 Å². The van der Waals surface area contributed by atoms with Gasteiger partial charge in [-0.25, -0.2) is 8.78 Å². The molecule has 0 bridgehead atoms. The molecule has 1 fully saturated rings. The molecule has 0 aromatic heterocycles. The van der Waals surface area contributed by atoms with Crippen LogP contribution in [0.4, 0.5) is 8.78 Å². The Bertz CT molecular complexity index is 488. The van der Waals surface area contributed by atoms with Gasteiger partial charge in [0.25, 0.3) is 0 Å². The van der Waals surface area contributed by atoms with Gasteiger partial charge in [-0.3, -0.25) is 4.79 Å². The van der Waals surface area contributed by atoms with Gasteiger partial charge < -0.3 is 5.32 Å². The van der Waals surface area contributed by atoms with E-state index in [4.69, 9.17) is 0 Å². The van der Waals surface area contributed by atoms with Crippen LogP contribution in [-0.4, -0.2) is 17.7 Å². The number of benzene rings is 1. The molecule has 1 amide bonds. The molecule has 122 valence electrons. The van der Waals surface area contributed by atoms with Crippen molar-refractivity contribution in [2.24, 2.45) is 0 Å². The zero-order valence-electron chi connectivity index (χ0n) is 12.7. The summed E-state index contributed by atoms with van der Waals surface area (Å²) in [7, 11) is 0. The molecule has 22 heavy (non-hydrogen) atoms. The summed E-state index contributed by atoms with van der Waals surface area (Å²) >= 11 is 1.43. The topological polar surface area (TPSA) is 29.1 Å². The van der Waals surface area contributed by atoms with E-state index < -0.39 is 11.6 Å². The molecule has 2 rings (SSSR count). The highest BCUT2D eigenvalue weighted by Gasteiger charge is 2.14. The summed E-state index contributed by atoms with van der Waals surface area (Å²) in [6.07, 6.45) is 8.35. The molecule has 0 radical (unpaired) electrons. The van der Waals surface area contributed by atoms with Crippen LogP contribution in [-0.2, 0) is 10.5 Å². The number of halogens is 2. The van der Waals surface area contributed by atoms with Crippen LogP contribution in [0.3, 0.4) is 0 Å². The van der Waals surface area contributed by atoms with Gasteiger partial charge in [0, 0.05) is 11.8 Å². The standard InChI is InChI=1S/C17H23F2NOS/c18-15-9-8-13(10-16(15)19)11-22-12-17(21)20-14-6-4-2-1-3-5-7-14/h8-10,14H,1-7,11-12H2,(H,20,21). The summed E-state index contributed by atoms with van der Waals surface area (Å²) in [5.74, 6) is -0.767. The van der Waals surface area contributed by atoms with E-state index in [1.807, 2.05) is 0 Å². The first-order valence-electron chi connectivity index (χ1n) is 7.96. The molecule has 1 aromatic rings. The zero-order chi connectivity index (χ0) is 15.8. The fourth-order valence-corrected chi connectivity index (χ4v) is 3.55. The van der Waals surface area contributed by atoms with Gasteiger partial charge in [0.15, 0.2) is 11.6 Å². The van der Waals surface area contributed by atoms with Crippen LogP contribution in [0.1, 0.15) is 50.5 Å². The Kier molecular flexibility index (Phi) is 7.16. The maximum atomic E-state index is 13.1. The van der Waals surface area contributed by atoms with Crippen LogP contribution in [0, 0.1) is 11.6 Å². The van der Waals surface area contributed by atoms with Crippen molar-refractivity contribution in [2.45, 2.75) is 56.7 Å². The fourth-order valence-electron chi connectivity index (χ4n) is 2.76. The summed E-state index contributed by atoms with van der Waals surface area (Å²) in [6, 6.07) is 4.17. The second-order valence-electron chi connectivity index (χ2n) is 5.85. The molecule has 0 unspecified atom stereocenters. The Balaban J connectivity index is 1.69. The first kappa shape index (κ1) is 17.3. The Morgan fingerprint density at radius 3 is 2.45 bits per heavy atom. The minimum Gasteiger partial charge on any atom is -0.353 e. The number of hydrogen-bond donors (Lipinski definition) is 1. The quantitative estimate of drug-likeness (QED) is 0.867. The zero-order valence-corrected chi connectivity index (χ0v) is 13.6. The van der Waals surface area contributed by atoms with Crippen molar-refractivity contribution in [1.29, 1.82) is 0 Å². The summed E-state index contributed by atoms with van der Waals surface area (Å²) in [5.41, 5.74) is 0.697. The van der Waals surface area contributed by atoms with E-state index in [9.17, 15) is 13.6 Å². The van der Waals surface area contributed by atoms with Crippen LogP contribution >= 0.6 is 11.8 Å². The summed E-state index contributed by atoms with van der Waals surface area (Å²) in [6.45, 7) is 0. The largest absolute Gasteiger partial charge is 0.353 e. The average molecular weight is 327 g/mol. The lowest BCUT2D eigenvalue weighted by molar-refractivity contribution is -0.119. The third kappa shape index (κ3) is 5.95. The van der Waals surface area contributed by atoms with E-state index in [2.05, 4.69) is 5.32 Å². The molecule has 2 nitrogen and oxygen atoms in total. The first-order chi connectivity index (χ1) is 10.6. The van der Waals surface area contributed by atoms with E-state index >= 15 is 0 Å². The maximum Gasteiger partial charge on any atom is 0.230 e. The lowest BCUT2D eigenvalue weighted by atomic mass is 9.97. The first-order valence-corrected chi connectivity index (χ1v) is 9.11. The van der Waals surface area contributed by atoms with E-state index in [-0.39, 0.29) is 5.91 Å². The highest BCUT2D eigenvalue weighted by Crippen LogP contribution is 2.18. The average Bonchev–Trinajstić information content (AvgIpc) is 2.45. The van der Waals surface area contributed by atoms with Gasteiger partial charge in [-0.2, -0.15) is 0 Å². The Morgan fingerprint density at radius 1 is 1.09 bits per heavy atom. The van der Waals surface area contributed by atoms with Crippen molar-refractivity contribution in [3.8, 4) is 0 Å². The molecule has 0 aliphatic heterocycles. The molecule has 1 N–H and O–H groups in total. The molecule has 1 aliphatic rings. The van der Waals surface area contributed by atoms with E-state index in [0.717, 1.165) is 18.9 Å². The Morgan fingerprint density at radius 2 is 1.77 bits per heavy atom. The van der Waals surface area contributed by atoms with Gasteiger partial charge >= 0.3 is 0 Å². The molecule has 1 aliphatic carbocycles. The number of nitrogens with one attached hydrogen (secondary N) is 1. The molecule has 5 heteroatoms. The summed E-state index contributed by atoms with van der Waals surface area (Å²) in [5, 5.41) is 3.10. The third-order valence-electron chi connectivity index (χ3n) is 3.96. The fraction of sp³-hybridized carbons (Fsp3) is 0.588. The molecule has 0 heterocycles. The van der Waals surface area contributed by atoms with Crippen LogP contribution in [0.25, 0.3) is 0 Å². The number of carbonyl (C=O) groups is 1. The van der Waals surface area contributed by atoms with E-state index in [0.29, 0.717) is 23.1 Å². The minimum atomic E-state index is -0.837. The van der Waals surface area contributed by atoms with Crippen LogP contribution in [0.15, 0.2) is 18.2 Å². The molecular formula is C17H23F2NOS.